The van der Waals surface area contributed by atoms with Gasteiger partial charge in [0.25, 0.3) is 5.91 Å². The molecule has 1 aliphatic heterocycles. The van der Waals surface area contributed by atoms with E-state index in [4.69, 9.17) is 16.1 Å². The molecule has 1 aliphatic rings. The molecule has 3 aromatic rings. The van der Waals surface area contributed by atoms with Crippen LogP contribution in [0.3, 0.4) is 0 Å². The van der Waals surface area contributed by atoms with E-state index in [1.54, 1.807) is 36.4 Å². The zero-order chi connectivity index (χ0) is 17.8. The first kappa shape index (κ1) is 15.9. The lowest BCUT2D eigenvalue weighted by molar-refractivity contribution is -0.129. The smallest absolute Gasteiger partial charge is 0.265 e. The van der Waals surface area contributed by atoms with Crippen LogP contribution in [-0.4, -0.2) is 16.2 Å². The van der Waals surface area contributed by atoms with E-state index in [0.29, 0.717) is 27.6 Å². The maximum atomic E-state index is 12.5. The number of hydrogen-bond acceptors (Lipinski definition) is 4. The summed E-state index contributed by atoms with van der Waals surface area (Å²) < 4.78 is 5.23. The normalized spacial score (nSPS) is 19.0. The predicted molar refractivity (Wildman–Crippen MR) is 94.5 cm³/mol. The largest absolute Gasteiger partial charge is 0.372 e. The molecule has 0 radical (unpaired) electrons. The number of carbonyl (C=O) groups excluding carboxylic acids is 1. The van der Waals surface area contributed by atoms with Gasteiger partial charge in [-0.25, -0.2) is 0 Å². The van der Waals surface area contributed by atoms with Gasteiger partial charge in [0.15, 0.2) is 5.60 Å². The number of nitrogens with zero attached hydrogens (tertiary/aromatic N) is 1. The highest BCUT2D eigenvalue weighted by Gasteiger charge is 2.47. The number of halogens is 1. The summed E-state index contributed by atoms with van der Waals surface area (Å²) in [6, 6.07) is 12.1. The van der Waals surface area contributed by atoms with E-state index in [9.17, 15) is 9.90 Å². The lowest BCUT2D eigenvalue weighted by Crippen LogP contribution is -2.35. The first-order valence-electron chi connectivity index (χ1n) is 7.79. The summed E-state index contributed by atoms with van der Waals surface area (Å²) in [5.74, 6) is 0.200. The minimum absolute atomic E-state index is 0.462. The second kappa shape index (κ2) is 5.44. The molecule has 1 unspecified atom stereocenters. The van der Waals surface area contributed by atoms with Crippen molar-refractivity contribution in [1.29, 1.82) is 0 Å². The number of fused-ring (bicyclic) bond motifs is 1. The first-order chi connectivity index (χ1) is 11.9. The van der Waals surface area contributed by atoms with Crippen molar-refractivity contribution < 1.29 is 14.4 Å². The molecule has 0 aliphatic carbocycles. The van der Waals surface area contributed by atoms with Gasteiger partial charge in [-0.05, 0) is 49.2 Å². The molecule has 1 aromatic heterocycles. The van der Waals surface area contributed by atoms with Crippen molar-refractivity contribution in [2.45, 2.75) is 19.4 Å². The Morgan fingerprint density at radius 1 is 1.16 bits per heavy atom. The number of aromatic nitrogens is 1. The Bertz CT molecular complexity index is 975. The number of carbonyl (C=O) groups is 1. The molecule has 0 fully saturated rings. The number of aliphatic hydroxyl groups is 1. The Labute approximate surface area is 149 Å². The van der Waals surface area contributed by atoms with Crippen LogP contribution in [0.25, 0.3) is 11.1 Å². The van der Waals surface area contributed by atoms with Crippen LogP contribution in [0.1, 0.15) is 22.6 Å². The van der Waals surface area contributed by atoms with Gasteiger partial charge in [-0.2, -0.15) is 0 Å². The second-order valence-corrected chi connectivity index (χ2v) is 6.57. The van der Waals surface area contributed by atoms with E-state index in [0.717, 1.165) is 16.8 Å². The molecule has 2 heterocycles. The van der Waals surface area contributed by atoms with Crippen LogP contribution in [0.15, 0.2) is 47.0 Å². The van der Waals surface area contributed by atoms with Gasteiger partial charge < -0.3 is 14.9 Å². The van der Waals surface area contributed by atoms with Crippen LogP contribution in [0, 0.1) is 13.8 Å². The zero-order valence-corrected chi connectivity index (χ0v) is 14.4. The minimum Gasteiger partial charge on any atom is -0.372 e. The van der Waals surface area contributed by atoms with Crippen LogP contribution < -0.4 is 5.32 Å². The minimum atomic E-state index is -1.77. The van der Waals surface area contributed by atoms with Crippen molar-refractivity contribution in [2.24, 2.45) is 0 Å². The fraction of sp³-hybridized carbons (Fsp3) is 0.158. The molecule has 126 valence electrons. The van der Waals surface area contributed by atoms with Crippen LogP contribution >= 0.6 is 11.6 Å². The van der Waals surface area contributed by atoms with Crippen molar-refractivity contribution in [3.63, 3.8) is 0 Å². The van der Waals surface area contributed by atoms with Crippen molar-refractivity contribution in [3.8, 4) is 11.1 Å². The van der Waals surface area contributed by atoms with E-state index >= 15 is 0 Å². The van der Waals surface area contributed by atoms with Crippen molar-refractivity contribution in [2.75, 3.05) is 5.32 Å². The van der Waals surface area contributed by atoms with Gasteiger partial charge >= 0.3 is 0 Å². The predicted octanol–water partition coefficient (Wildman–Crippen LogP) is 3.80. The molecule has 2 aromatic carbocycles. The maximum Gasteiger partial charge on any atom is 0.265 e. The third-order valence-electron chi connectivity index (χ3n) is 4.57. The molecule has 1 amide bonds. The van der Waals surface area contributed by atoms with Gasteiger partial charge in [0.2, 0.25) is 0 Å². The fourth-order valence-electron chi connectivity index (χ4n) is 3.32. The van der Waals surface area contributed by atoms with Gasteiger partial charge in [-0.15, -0.1) is 0 Å². The summed E-state index contributed by atoms with van der Waals surface area (Å²) in [5, 5.41) is 18.5. The number of amides is 1. The number of anilines is 1. The third-order valence-corrected chi connectivity index (χ3v) is 4.82. The summed E-state index contributed by atoms with van der Waals surface area (Å²) >= 11 is 5.93. The maximum absolute atomic E-state index is 12.5. The molecular weight excluding hydrogens is 340 g/mol. The van der Waals surface area contributed by atoms with Gasteiger partial charge in [0.1, 0.15) is 5.76 Å². The summed E-state index contributed by atoms with van der Waals surface area (Å²) in [6.07, 6.45) is 0. The molecular formula is C19H15ClN2O3. The van der Waals surface area contributed by atoms with Crippen molar-refractivity contribution in [1.82, 2.24) is 5.16 Å². The summed E-state index contributed by atoms with van der Waals surface area (Å²) in [7, 11) is 0. The van der Waals surface area contributed by atoms with Gasteiger partial charge in [-0.1, -0.05) is 35.0 Å². The molecule has 0 saturated carbocycles. The number of aryl methyl sites for hydroxylation is 2. The van der Waals surface area contributed by atoms with E-state index in [1.165, 1.54) is 0 Å². The quantitative estimate of drug-likeness (QED) is 0.734. The van der Waals surface area contributed by atoms with Gasteiger partial charge in [0, 0.05) is 21.8 Å². The first-order valence-corrected chi connectivity index (χ1v) is 8.16. The van der Waals surface area contributed by atoms with Gasteiger partial charge in [0.05, 0.1) is 5.69 Å². The Balaban J connectivity index is 1.91. The molecule has 25 heavy (non-hydrogen) atoms. The molecule has 1 atom stereocenters. The molecule has 5 nitrogen and oxygen atoms in total. The van der Waals surface area contributed by atoms with Gasteiger partial charge in [-0.3, -0.25) is 4.79 Å². The number of benzene rings is 2. The van der Waals surface area contributed by atoms with Crippen LogP contribution in [0.2, 0.25) is 5.02 Å². The van der Waals surface area contributed by atoms with E-state index in [2.05, 4.69) is 10.5 Å². The van der Waals surface area contributed by atoms with Crippen LogP contribution in [-0.2, 0) is 10.4 Å². The lowest BCUT2D eigenvalue weighted by Gasteiger charge is -2.22. The zero-order valence-electron chi connectivity index (χ0n) is 13.6. The van der Waals surface area contributed by atoms with Crippen molar-refractivity contribution >= 4 is 23.2 Å². The average Bonchev–Trinajstić information content (AvgIpc) is 3.06. The topological polar surface area (TPSA) is 75.4 Å². The SMILES string of the molecule is Cc1noc(C)c1-c1ccc2c(c1)C(O)(c1ccc(Cl)cc1)C(=O)N2. The molecule has 0 spiro atoms. The number of nitrogens with one attached hydrogen (secondary N) is 1. The van der Waals surface area contributed by atoms with E-state index in [1.807, 2.05) is 19.9 Å². The molecule has 0 bridgehead atoms. The van der Waals surface area contributed by atoms with E-state index < -0.39 is 11.5 Å². The summed E-state index contributed by atoms with van der Waals surface area (Å²) in [5.41, 5.74) is 2.22. The van der Waals surface area contributed by atoms with E-state index in [-0.39, 0.29) is 0 Å². The number of rotatable bonds is 2. The molecule has 2 N–H and O–H groups in total. The Morgan fingerprint density at radius 2 is 1.88 bits per heavy atom. The highest BCUT2D eigenvalue weighted by Crippen LogP contribution is 2.43. The van der Waals surface area contributed by atoms with Crippen LogP contribution in [0.5, 0.6) is 0 Å². The summed E-state index contributed by atoms with van der Waals surface area (Å²) in [6.45, 7) is 3.69. The molecule has 4 rings (SSSR count). The second-order valence-electron chi connectivity index (χ2n) is 6.13. The average molecular weight is 355 g/mol. The number of hydrogen-bond donors (Lipinski definition) is 2. The Hall–Kier alpha value is -2.63. The molecule has 6 heteroatoms. The standard InChI is InChI=1S/C19H15ClN2O3/c1-10-17(11(2)25-22-10)12-3-8-16-15(9-12)19(24,18(23)21-16)13-4-6-14(20)7-5-13/h3-9,24H,1-2H3,(H,21,23). The Kier molecular flexibility index (Phi) is 3.45. The Morgan fingerprint density at radius 3 is 2.52 bits per heavy atom. The monoisotopic (exact) mass is 354 g/mol. The fourth-order valence-corrected chi connectivity index (χ4v) is 3.44. The van der Waals surface area contributed by atoms with Crippen LogP contribution in [0.4, 0.5) is 5.69 Å². The molecule has 0 saturated heterocycles. The summed E-state index contributed by atoms with van der Waals surface area (Å²) in [4.78, 5) is 12.5. The van der Waals surface area contributed by atoms with Crippen molar-refractivity contribution in [3.05, 3.63) is 70.1 Å². The lowest BCUT2D eigenvalue weighted by atomic mass is 9.86. The highest BCUT2D eigenvalue weighted by molar-refractivity contribution is 6.30. The highest BCUT2D eigenvalue weighted by atomic mass is 35.5. The third kappa shape index (κ3) is 2.27.